The minimum absolute atomic E-state index is 0.411. The molecule has 0 atom stereocenters. The van der Waals surface area contributed by atoms with E-state index < -0.39 is 89.5 Å². The number of nitrogens with one attached hydrogen (secondary N) is 2. The minimum Gasteiger partial charge on any atom is -0.332 e. The summed E-state index contributed by atoms with van der Waals surface area (Å²) in [5.74, 6) is -10.2. The van der Waals surface area contributed by atoms with Crippen molar-refractivity contribution in [2.45, 2.75) is 11.6 Å². The van der Waals surface area contributed by atoms with Crippen molar-refractivity contribution < 1.29 is 39.6 Å². The molecule has 30 nitrogen and oxygen atoms in total. The zero-order valence-electron chi connectivity index (χ0n) is 17.7. The molecule has 2 aliphatic rings. The van der Waals surface area contributed by atoms with Crippen LogP contribution in [0, 0.1) is 80.9 Å². The van der Waals surface area contributed by atoms with Gasteiger partial charge in [0.25, 0.3) is 0 Å². The number of hydrazine groups is 2. The molecule has 2 rings (SSSR count). The predicted octanol–water partition coefficient (Wildman–Crippen LogP) is -4.24. The van der Waals surface area contributed by atoms with Crippen LogP contribution < -0.4 is 10.6 Å². The minimum atomic E-state index is -3.90. The van der Waals surface area contributed by atoms with Crippen LogP contribution in [0.3, 0.4) is 0 Å². The van der Waals surface area contributed by atoms with E-state index in [4.69, 9.17) is 0 Å². The third-order valence-electron chi connectivity index (χ3n) is 4.27. The number of aliphatic imine (C=N–C) groups is 2. The average molecular weight is 558 g/mol. The van der Waals surface area contributed by atoms with Crippen LogP contribution in [-0.4, -0.2) is 99.5 Å². The molecule has 0 radical (unpaired) electrons. The number of amidine groups is 2. The SMILES string of the molecule is O=[N+]([O-])N1CN=C(C([N+](=O)[O-])([N+](=O)[O-])[N+](=O)[O-])NC1.O=[N+]([O-])N1CN=C(C([N+](=O)[O-])([N+](=O)[O-])[N+](=O)[O-])NC1. The standard InChI is InChI=1S/2C4H5N7O8/c2*12-8(13)4(9(14)15,10(16)17)3-5-1-7(2-6-3)11(18)19/h2*1-2H2,(H,5,6). The lowest BCUT2D eigenvalue weighted by Gasteiger charge is -2.19. The smallest absolute Gasteiger partial charge is 0.332 e. The fraction of sp³-hybridized carbons (Fsp3) is 0.750. The Hall–Kier alpha value is -6.26. The molecule has 2 N–H and O–H groups in total. The molecule has 0 aromatic rings. The maximum Gasteiger partial charge on any atom is 0.760 e. The van der Waals surface area contributed by atoms with Crippen LogP contribution in [-0.2, 0) is 0 Å². The molecule has 0 aromatic carbocycles. The van der Waals surface area contributed by atoms with Gasteiger partial charge >= 0.3 is 23.2 Å². The van der Waals surface area contributed by atoms with Crippen LogP contribution in [0.4, 0.5) is 0 Å². The Labute approximate surface area is 202 Å². The molecule has 208 valence electrons. The third-order valence-corrected chi connectivity index (χ3v) is 4.27. The highest BCUT2D eigenvalue weighted by atomic mass is 16.8. The summed E-state index contributed by atoms with van der Waals surface area (Å²) in [6.07, 6.45) is 0. The maximum atomic E-state index is 10.7. The summed E-state index contributed by atoms with van der Waals surface area (Å²) in [4.78, 5) is 80.6. The molecule has 30 heteroatoms. The highest BCUT2D eigenvalue weighted by Gasteiger charge is 2.77. The predicted molar refractivity (Wildman–Crippen MR) is 106 cm³/mol. The van der Waals surface area contributed by atoms with Crippen LogP contribution in [0.1, 0.15) is 0 Å². The quantitative estimate of drug-likeness (QED) is 0.145. The van der Waals surface area contributed by atoms with E-state index in [9.17, 15) is 80.9 Å². The van der Waals surface area contributed by atoms with Gasteiger partial charge < -0.3 is 10.6 Å². The molecular formula is C8H10N14O16. The summed E-state index contributed by atoms with van der Waals surface area (Å²) >= 11 is 0. The third kappa shape index (κ3) is 5.05. The van der Waals surface area contributed by atoms with E-state index in [0.717, 1.165) is 0 Å². The molecule has 38 heavy (non-hydrogen) atoms. The number of nitrogens with zero attached hydrogens (tertiary/aromatic N) is 12. The zero-order valence-corrected chi connectivity index (χ0v) is 17.7. The second kappa shape index (κ2) is 11.0. The van der Waals surface area contributed by atoms with Crippen molar-refractivity contribution >= 4 is 11.7 Å². The topological polar surface area (TPSA) is 400 Å². The van der Waals surface area contributed by atoms with Crippen LogP contribution >= 0.6 is 0 Å². The highest BCUT2D eigenvalue weighted by molar-refractivity contribution is 5.87. The van der Waals surface area contributed by atoms with Gasteiger partial charge in [0.2, 0.25) is 0 Å². The lowest BCUT2D eigenvalue weighted by molar-refractivity contribution is -0.945. The summed E-state index contributed by atoms with van der Waals surface area (Å²) in [6.45, 7) is -2.95. The Kier molecular flexibility index (Phi) is 8.61. The fourth-order valence-electron chi connectivity index (χ4n) is 2.44. The Morgan fingerprint density at radius 1 is 0.526 bits per heavy atom. The summed E-state index contributed by atoms with van der Waals surface area (Å²) < 4.78 is 0. The van der Waals surface area contributed by atoms with Crippen LogP contribution in [0.5, 0.6) is 0 Å². The van der Waals surface area contributed by atoms with Gasteiger partial charge in [-0.05, 0) is 0 Å². The Bertz CT molecular complexity index is 987. The number of nitro groups is 8. The van der Waals surface area contributed by atoms with Gasteiger partial charge in [-0.3, -0.25) is 60.7 Å². The van der Waals surface area contributed by atoms with Crippen molar-refractivity contribution in [3.05, 3.63) is 80.9 Å². The van der Waals surface area contributed by atoms with E-state index in [1.54, 1.807) is 0 Å². The number of rotatable bonds is 10. The van der Waals surface area contributed by atoms with Gasteiger partial charge in [0.15, 0.2) is 66.3 Å². The summed E-state index contributed by atoms with van der Waals surface area (Å²) in [7, 11) is 0. The zero-order chi connectivity index (χ0) is 29.6. The van der Waals surface area contributed by atoms with Crippen molar-refractivity contribution in [2.75, 3.05) is 26.7 Å². The highest BCUT2D eigenvalue weighted by Crippen LogP contribution is 2.17. The molecule has 0 aliphatic carbocycles. The van der Waals surface area contributed by atoms with Crippen LogP contribution in [0.2, 0.25) is 0 Å². The molecular weight excluding hydrogens is 548 g/mol. The van der Waals surface area contributed by atoms with E-state index >= 15 is 0 Å². The molecule has 0 bridgehead atoms. The van der Waals surface area contributed by atoms with Crippen molar-refractivity contribution in [1.29, 1.82) is 0 Å². The van der Waals surface area contributed by atoms with E-state index in [1.807, 2.05) is 10.6 Å². The van der Waals surface area contributed by atoms with Gasteiger partial charge in [-0.15, -0.1) is 0 Å². The molecule has 0 spiro atoms. The van der Waals surface area contributed by atoms with E-state index in [-0.39, 0.29) is 0 Å². The number of hydrogen-bond acceptors (Lipinski definition) is 20. The van der Waals surface area contributed by atoms with Gasteiger partial charge in [-0.25, -0.2) is 30.2 Å². The molecule has 2 heterocycles. The monoisotopic (exact) mass is 558 g/mol. The molecule has 0 saturated heterocycles. The van der Waals surface area contributed by atoms with Crippen LogP contribution in [0.25, 0.3) is 0 Å². The van der Waals surface area contributed by atoms with Gasteiger partial charge in [0.05, 0.1) is 0 Å². The van der Waals surface area contributed by atoms with E-state index in [1.165, 1.54) is 0 Å². The van der Waals surface area contributed by atoms with Crippen molar-refractivity contribution in [3.63, 3.8) is 0 Å². The lowest BCUT2D eigenvalue weighted by atomic mass is 10.3. The molecule has 0 saturated carbocycles. The van der Waals surface area contributed by atoms with Crippen molar-refractivity contribution in [1.82, 2.24) is 20.7 Å². The second-order valence-electron chi connectivity index (χ2n) is 6.27. The Morgan fingerprint density at radius 3 is 0.895 bits per heavy atom. The molecule has 0 fully saturated rings. The summed E-state index contributed by atoms with van der Waals surface area (Å²) in [5, 5.41) is 87.4. The fourth-order valence-corrected chi connectivity index (χ4v) is 2.44. The Morgan fingerprint density at radius 2 is 0.763 bits per heavy atom. The number of hydrogen-bond donors (Lipinski definition) is 2. The summed E-state index contributed by atoms with van der Waals surface area (Å²) in [5.41, 5.74) is 0. The molecule has 0 amide bonds. The Balaban J connectivity index is 0.000000380. The van der Waals surface area contributed by atoms with Crippen molar-refractivity contribution in [3.8, 4) is 0 Å². The van der Waals surface area contributed by atoms with Gasteiger partial charge in [-0.2, -0.15) is 0 Å². The average Bonchev–Trinajstić information content (AvgIpc) is 2.79. The van der Waals surface area contributed by atoms with Gasteiger partial charge in [0, 0.05) is 0 Å². The first-order valence-corrected chi connectivity index (χ1v) is 8.71. The van der Waals surface area contributed by atoms with Crippen molar-refractivity contribution in [2.24, 2.45) is 9.98 Å². The molecule has 2 aliphatic heterocycles. The van der Waals surface area contributed by atoms with Crippen LogP contribution in [0.15, 0.2) is 9.98 Å². The first-order chi connectivity index (χ1) is 17.5. The first-order valence-electron chi connectivity index (χ1n) is 8.71. The largest absolute Gasteiger partial charge is 0.760 e. The molecule has 0 unspecified atom stereocenters. The van der Waals surface area contributed by atoms with Gasteiger partial charge in [-0.1, -0.05) is 10.0 Å². The van der Waals surface area contributed by atoms with E-state index in [2.05, 4.69) is 9.98 Å². The maximum absolute atomic E-state index is 10.7. The first kappa shape index (κ1) is 29.8. The molecule has 0 aromatic heterocycles. The van der Waals surface area contributed by atoms with E-state index in [0.29, 0.717) is 10.0 Å². The lowest BCUT2D eigenvalue weighted by Crippen LogP contribution is -2.66. The van der Waals surface area contributed by atoms with Gasteiger partial charge in [0.1, 0.15) is 0 Å². The second-order valence-corrected chi connectivity index (χ2v) is 6.27. The normalized spacial score (nSPS) is 15.2. The summed E-state index contributed by atoms with van der Waals surface area (Å²) in [6, 6.07) is 0.